The van der Waals surface area contributed by atoms with Crippen LogP contribution in [0.4, 0.5) is 5.82 Å². The molecule has 0 atom stereocenters. The second kappa shape index (κ2) is 6.81. The van der Waals surface area contributed by atoms with Crippen LogP contribution in [0.5, 0.6) is 0 Å². The molecule has 0 amide bonds. The molecule has 0 N–H and O–H groups in total. The fourth-order valence-electron chi connectivity index (χ4n) is 4.97. The first-order valence-electron chi connectivity index (χ1n) is 10.5. The van der Waals surface area contributed by atoms with Crippen LogP contribution in [0.15, 0.2) is 104 Å². The summed E-state index contributed by atoms with van der Waals surface area (Å²) in [4.78, 5) is 14.4. The van der Waals surface area contributed by atoms with Crippen molar-refractivity contribution >= 4 is 5.82 Å². The topological polar surface area (TPSA) is 32.3 Å². The number of rotatable bonds is 3. The summed E-state index contributed by atoms with van der Waals surface area (Å²) in [5.74, 6) is 0.940. The van der Waals surface area contributed by atoms with Crippen molar-refractivity contribution in [1.29, 1.82) is 0 Å². The predicted octanol–water partition coefficient (Wildman–Crippen LogP) is 5.02. The molecule has 0 saturated carbocycles. The predicted molar refractivity (Wildman–Crippen MR) is 124 cm³/mol. The van der Waals surface area contributed by atoms with Crippen LogP contribution in [0.3, 0.4) is 0 Å². The summed E-state index contributed by atoms with van der Waals surface area (Å²) in [5.41, 5.74) is 6.38. The zero-order valence-electron chi connectivity index (χ0n) is 17.3. The Bertz CT molecular complexity index is 1250. The minimum atomic E-state index is -0.556. The molecular formula is C27H22N4. The van der Waals surface area contributed by atoms with E-state index in [0.717, 1.165) is 23.9 Å². The smallest absolute Gasteiger partial charge is 0.134 e. The van der Waals surface area contributed by atoms with Gasteiger partial charge in [-0.3, -0.25) is 4.98 Å². The Morgan fingerprint density at radius 3 is 2.03 bits per heavy atom. The maximum Gasteiger partial charge on any atom is 0.134 e. The zero-order chi connectivity index (χ0) is 20.8. The second-order valence-electron chi connectivity index (χ2n) is 8.10. The normalized spacial score (nSPS) is 15.8. The van der Waals surface area contributed by atoms with Crippen molar-refractivity contribution in [3.05, 3.63) is 126 Å². The van der Waals surface area contributed by atoms with E-state index in [4.69, 9.17) is 9.97 Å². The molecule has 2 aliphatic rings. The maximum absolute atomic E-state index is 5.23. The Kier molecular flexibility index (Phi) is 3.93. The fourth-order valence-corrected chi connectivity index (χ4v) is 4.97. The minimum Gasteiger partial charge on any atom is -0.361 e. The molecule has 0 saturated heterocycles. The number of aromatic nitrogens is 2. The summed E-state index contributed by atoms with van der Waals surface area (Å²) in [6.45, 7) is 0.792. The Morgan fingerprint density at radius 1 is 0.710 bits per heavy atom. The van der Waals surface area contributed by atoms with Gasteiger partial charge in [0.25, 0.3) is 0 Å². The van der Waals surface area contributed by atoms with E-state index in [1.807, 2.05) is 12.3 Å². The highest BCUT2D eigenvalue weighted by molar-refractivity contribution is 5.85. The van der Waals surface area contributed by atoms with Gasteiger partial charge in [-0.05, 0) is 46.5 Å². The van der Waals surface area contributed by atoms with Crippen LogP contribution < -0.4 is 4.90 Å². The van der Waals surface area contributed by atoms with Crippen molar-refractivity contribution in [2.45, 2.75) is 5.41 Å². The summed E-state index contributed by atoms with van der Waals surface area (Å²) in [5, 5.41) is 0. The average Bonchev–Trinajstić information content (AvgIpc) is 3.40. The number of hydrogen-bond donors (Lipinski definition) is 0. The molecule has 0 unspecified atom stereocenters. The van der Waals surface area contributed by atoms with Crippen LogP contribution in [0.1, 0.15) is 22.5 Å². The van der Waals surface area contributed by atoms with Crippen LogP contribution in [0.25, 0.3) is 11.1 Å². The van der Waals surface area contributed by atoms with Gasteiger partial charge in [0.2, 0.25) is 0 Å². The number of benzene rings is 2. The van der Waals surface area contributed by atoms with Crippen molar-refractivity contribution in [3.8, 4) is 11.1 Å². The molecular weight excluding hydrogens is 380 g/mol. The molecule has 2 aromatic carbocycles. The summed E-state index contributed by atoms with van der Waals surface area (Å²) >= 11 is 0. The highest BCUT2D eigenvalue weighted by atomic mass is 15.3. The number of pyridine rings is 2. The first kappa shape index (κ1) is 17.9. The number of hydrogen-bond acceptors (Lipinski definition) is 4. The molecule has 0 radical (unpaired) electrons. The molecule has 3 heterocycles. The molecule has 0 spiro atoms. The first-order chi connectivity index (χ1) is 15.3. The summed E-state index contributed by atoms with van der Waals surface area (Å²) in [6, 6.07) is 29.8. The van der Waals surface area contributed by atoms with E-state index in [0.29, 0.717) is 0 Å². The lowest BCUT2D eigenvalue weighted by Crippen LogP contribution is -2.31. The molecule has 1 aliphatic carbocycles. The summed E-state index contributed by atoms with van der Waals surface area (Å²) in [6.07, 6.45) is 6.03. The van der Waals surface area contributed by atoms with Crippen LogP contribution >= 0.6 is 0 Å². The third-order valence-electron chi connectivity index (χ3n) is 6.29. The van der Waals surface area contributed by atoms with E-state index in [1.165, 1.54) is 22.3 Å². The number of fused-ring (bicyclic) bond motifs is 3. The molecule has 2 aromatic heterocycles. The third-order valence-corrected chi connectivity index (χ3v) is 6.29. The maximum atomic E-state index is 5.23. The van der Waals surface area contributed by atoms with Crippen molar-refractivity contribution < 1.29 is 0 Å². The lowest BCUT2D eigenvalue weighted by atomic mass is 9.72. The molecule has 0 bridgehead atoms. The highest BCUT2D eigenvalue weighted by Gasteiger charge is 2.48. The number of nitrogens with zero attached hydrogens (tertiary/aromatic N) is 4. The van der Waals surface area contributed by atoms with E-state index in [1.54, 1.807) is 0 Å². The van der Waals surface area contributed by atoms with E-state index in [2.05, 4.69) is 108 Å². The molecule has 1 aliphatic heterocycles. The minimum absolute atomic E-state index is 0.556. The van der Waals surface area contributed by atoms with Gasteiger partial charge in [-0.1, -0.05) is 60.7 Å². The lowest BCUT2D eigenvalue weighted by Gasteiger charge is -2.32. The molecule has 150 valence electrons. The van der Waals surface area contributed by atoms with Crippen LogP contribution in [0, 0.1) is 0 Å². The second-order valence-corrected chi connectivity index (χ2v) is 8.10. The quantitative estimate of drug-likeness (QED) is 0.424. The number of anilines is 1. The molecule has 31 heavy (non-hydrogen) atoms. The largest absolute Gasteiger partial charge is 0.361 e. The van der Waals surface area contributed by atoms with Crippen LogP contribution in [-0.4, -0.2) is 28.6 Å². The Balaban J connectivity index is 1.67. The molecule has 4 aromatic rings. The first-order valence-corrected chi connectivity index (χ1v) is 10.5. The van der Waals surface area contributed by atoms with Gasteiger partial charge >= 0.3 is 0 Å². The Hall–Kier alpha value is -3.92. The van der Waals surface area contributed by atoms with Gasteiger partial charge in [-0.15, -0.1) is 0 Å². The van der Waals surface area contributed by atoms with Gasteiger partial charge in [0.05, 0.1) is 18.1 Å². The third kappa shape index (κ3) is 2.55. The van der Waals surface area contributed by atoms with E-state index < -0.39 is 5.41 Å². The van der Waals surface area contributed by atoms with Gasteiger partial charge in [0, 0.05) is 25.6 Å². The van der Waals surface area contributed by atoms with Crippen molar-refractivity contribution in [1.82, 2.24) is 14.9 Å². The standard InChI is InChI=1S/C27H22N4/c1-30-17-18-31(19-30)26-15-8-14-25(29-26)27(24-13-6-7-16-28-24)22-11-4-2-9-20(22)21-10-3-5-12-23(21)27/h2-18H,19H2,1H3. The Labute approximate surface area is 182 Å². The van der Waals surface area contributed by atoms with Gasteiger partial charge in [-0.2, -0.15) is 0 Å². The van der Waals surface area contributed by atoms with Gasteiger partial charge in [0.1, 0.15) is 11.2 Å². The van der Waals surface area contributed by atoms with E-state index in [-0.39, 0.29) is 0 Å². The van der Waals surface area contributed by atoms with Gasteiger partial charge < -0.3 is 9.80 Å². The van der Waals surface area contributed by atoms with E-state index >= 15 is 0 Å². The Morgan fingerprint density at radius 2 is 1.39 bits per heavy atom. The monoisotopic (exact) mass is 402 g/mol. The summed E-state index contributed by atoms with van der Waals surface area (Å²) < 4.78 is 0. The molecule has 6 rings (SSSR count). The SMILES string of the molecule is CN1C=CN(c2cccc(C3(c4ccccn4)c4ccccc4-c4ccccc43)n2)C1. The van der Waals surface area contributed by atoms with Crippen LogP contribution in [-0.2, 0) is 5.41 Å². The van der Waals surface area contributed by atoms with Crippen LogP contribution in [0.2, 0.25) is 0 Å². The van der Waals surface area contributed by atoms with Crippen molar-refractivity contribution in [2.75, 3.05) is 18.6 Å². The molecule has 0 fully saturated rings. The summed E-state index contributed by atoms with van der Waals surface area (Å²) in [7, 11) is 2.07. The average molecular weight is 403 g/mol. The van der Waals surface area contributed by atoms with Crippen molar-refractivity contribution in [3.63, 3.8) is 0 Å². The molecule has 4 heteroatoms. The molecule has 4 nitrogen and oxygen atoms in total. The zero-order valence-corrected chi connectivity index (χ0v) is 17.3. The lowest BCUT2D eigenvalue weighted by molar-refractivity contribution is 0.494. The van der Waals surface area contributed by atoms with E-state index in [9.17, 15) is 0 Å². The highest BCUT2D eigenvalue weighted by Crippen LogP contribution is 2.55. The van der Waals surface area contributed by atoms with Gasteiger partial charge in [-0.25, -0.2) is 4.98 Å². The van der Waals surface area contributed by atoms with Crippen molar-refractivity contribution in [2.24, 2.45) is 0 Å². The van der Waals surface area contributed by atoms with Gasteiger partial charge in [0.15, 0.2) is 0 Å². The fraction of sp³-hybridized carbons (Fsp3) is 0.111.